The minimum Gasteiger partial charge on any atom is -0.393 e. The van der Waals surface area contributed by atoms with Crippen molar-refractivity contribution in [3.8, 4) is 0 Å². The van der Waals surface area contributed by atoms with E-state index in [1.807, 2.05) is 0 Å². The third-order valence-corrected chi connectivity index (χ3v) is 7.08. The summed E-state index contributed by atoms with van der Waals surface area (Å²) in [6.07, 6.45) is 1.34. The predicted molar refractivity (Wildman–Crippen MR) is 53.2 cm³/mol. The van der Waals surface area contributed by atoms with E-state index < -0.39 is 0 Å². The number of hydrogen-bond donors (Lipinski definition) is 1. The van der Waals surface area contributed by atoms with Crippen molar-refractivity contribution in [1.82, 2.24) is 0 Å². The molecule has 16 heavy (non-hydrogen) atoms. The van der Waals surface area contributed by atoms with Crippen LogP contribution >= 0.6 is 0 Å². The van der Waals surface area contributed by atoms with Crippen molar-refractivity contribution >= 4 is 0 Å². The molecule has 0 unspecified atom stereocenters. The van der Waals surface area contributed by atoms with Gasteiger partial charge in [-0.3, -0.25) is 0 Å². The van der Waals surface area contributed by atoms with Gasteiger partial charge < -0.3 is 14.6 Å². The summed E-state index contributed by atoms with van der Waals surface area (Å²) in [6.45, 7) is 1.55. The Hall–Kier alpha value is -0.120. The zero-order valence-electron chi connectivity index (χ0n) is 9.08. The summed E-state index contributed by atoms with van der Waals surface area (Å²) in [7, 11) is 0. The van der Waals surface area contributed by atoms with E-state index >= 15 is 0 Å². The lowest BCUT2D eigenvalue weighted by atomic mass is 9.57. The molecule has 9 atom stereocenters. The summed E-state index contributed by atoms with van der Waals surface area (Å²) in [4.78, 5) is 0. The number of aliphatic hydroxyl groups is 1. The maximum Gasteiger partial charge on any atom is 0.175 e. The molecule has 6 fully saturated rings. The highest BCUT2D eigenvalue weighted by Crippen LogP contribution is 2.86. The van der Waals surface area contributed by atoms with E-state index in [1.165, 1.54) is 6.42 Å². The molecule has 3 heteroatoms. The van der Waals surface area contributed by atoms with Crippen LogP contribution in [0, 0.1) is 47.3 Å². The maximum absolute atomic E-state index is 10.4. The van der Waals surface area contributed by atoms with Crippen molar-refractivity contribution in [2.75, 3.05) is 13.2 Å². The first-order chi connectivity index (χ1) is 7.84. The van der Waals surface area contributed by atoms with Gasteiger partial charge in [0.25, 0.3) is 0 Å². The van der Waals surface area contributed by atoms with E-state index in [4.69, 9.17) is 9.47 Å². The molecule has 3 nitrogen and oxygen atoms in total. The average Bonchev–Trinajstić information content (AvgIpc) is 2.87. The Morgan fingerprint density at radius 3 is 2.50 bits per heavy atom. The second-order valence-electron chi connectivity index (χ2n) is 6.83. The Morgan fingerprint density at radius 2 is 1.69 bits per heavy atom. The smallest absolute Gasteiger partial charge is 0.175 e. The van der Waals surface area contributed by atoms with Crippen LogP contribution in [0.25, 0.3) is 0 Å². The fourth-order valence-electron chi connectivity index (χ4n) is 7.27. The zero-order valence-corrected chi connectivity index (χ0v) is 9.08. The molecule has 1 heterocycles. The normalized spacial score (nSPS) is 74.4. The molecule has 5 saturated carbocycles. The molecular weight excluding hydrogens is 204 g/mol. The van der Waals surface area contributed by atoms with Crippen LogP contribution in [0.4, 0.5) is 0 Å². The molecule has 2 bridgehead atoms. The van der Waals surface area contributed by atoms with E-state index in [2.05, 4.69) is 0 Å². The molecule has 0 amide bonds. The number of fused-ring (bicyclic) bond motifs is 4. The van der Waals surface area contributed by atoms with Gasteiger partial charge in [0.2, 0.25) is 0 Å². The molecule has 0 aromatic heterocycles. The number of rotatable bonds is 0. The van der Waals surface area contributed by atoms with Gasteiger partial charge in [-0.15, -0.1) is 0 Å². The highest BCUT2D eigenvalue weighted by Gasteiger charge is 2.89. The minimum absolute atomic E-state index is 0.0211. The third kappa shape index (κ3) is 0.485. The minimum atomic E-state index is -0.231. The molecule has 0 aromatic rings. The van der Waals surface area contributed by atoms with Gasteiger partial charge in [-0.1, -0.05) is 0 Å². The monoisotopic (exact) mass is 220 g/mol. The summed E-state index contributed by atoms with van der Waals surface area (Å²) in [5.74, 6) is 5.26. The summed E-state index contributed by atoms with van der Waals surface area (Å²) in [5, 5.41) is 10.4. The van der Waals surface area contributed by atoms with Crippen LogP contribution in [0.1, 0.15) is 6.42 Å². The van der Waals surface area contributed by atoms with Crippen molar-refractivity contribution in [3.05, 3.63) is 0 Å². The maximum atomic E-state index is 10.4. The third-order valence-electron chi connectivity index (χ3n) is 7.08. The van der Waals surface area contributed by atoms with Gasteiger partial charge in [0, 0.05) is 11.8 Å². The second-order valence-corrected chi connectivity index (χ2v) is 6.83. The molecule has 6 rings (SSSR count). The molecular formula is C13H16O3. The Balaban J connectivity index is 1.64. The van der Waals surface area contributed by atoms with Crippen molar-refractivity contribution in [3.63, 3.8) is 0 Å². The summed E-state index contributed by atoms with van der Waals surface area (Å²) in [6, 6.07) is 0. The molecule has 6 aliphatic rings. The number of ether oxygens (including phenoxy) is 2. The van der Waals surface area contributed by atoms with Gasteiger partial charge in [-0.25, -0.2) is 0 Å². The quantitative estimate of drug-likeness (QED) is 0.645. The Labute approximate surface area is 94.1 Å². The Kier molecular flexibility index (Phi) is 1.01. The number of aliphatic hydroxyl groups excluding tert-OH is 1. The summed E-state index contributed by atoms with van der Waals surface area (Å²) in [5.41, 5.74) is 0. The van der Waals surface area contributed by atoms with Crippen LogP contribution in [0.15, 0.2) is 0 Å². The Bertz CT molecular complexity index is 402. The van der Waals surface area contributed by atoms with Crippen molar-refractivity contribution < 1.29 is 14.6 Å². The van der Waals surface area contributed by atoms with Crippen LogP contribution in [0.3, 0.4) is 0 Å². The summed E-state index contributed by atoms with van der Waals surface area (Å²) < 4.78 is 12.2. The zero-order chi connectivity index (χ0) is 10.2. The van der Waals surface area contributed by atoms with Crippen molar-refractivity contribution in [2.45, 2.75) is 18.3 Å². The molecule has 1 spiro atoms. The fraction of sp³-hybridized carbons (Fsp3) is 1.00. The first-order valence-corrected chi connectivity index (χ1v) is 6.80. The van der Waals surface area contributed by atoms with Gasteiger partial charge in [0.15, 0.2) is 5.79 Å². The van der Waals surface area contributed by atoms with Gasteiger partial charge in [0.05, 0.1) is 19.3 Å². The van der Waals surface area contributed by atoms with Gasteiger partial charge >= 0.3 is 0 Å². The predicted octanol–water partition coefficient (Wildman–Crippen LogP) is 0.478. The van der Waals surface area contributed by atoms with Crippen LogP contribution < -0.4 is 0 Å². The SMILES string of the molecule is O[C@@H]1[C@@H]2[C@@H]3[C@@H]4C[C@H]5[C@H]3[C@H]2C2(OCCO2)[C@H]5[C@H]14. The van der Waals surface area contributed by atoms with E-state index in [0.717, 1.165) is 36.9 Å². The van der Waals surface area contributed by atoms with Gasteiger partial charge in [-0.2, -0.15) is 0 Å². The summed E-state index contributed by atoms with van der Waals surface area (Å²) >= 11 is 0. The van der Waals surface area contributed by atoms with E-state index in [0.29, 0.717) is 23.7 Å². The van der Waals surface area contributed by atoms with Crippen LogP contribution in [0.5, 0.6) is 0 Å². The molecule has 5 aliphatic carbocycles. The molecule has 0 aromatic carbocycles. The van der Waals surface area contributed by atoms with Crippen LogP contribution in [0.2, 0.25) is 0 Å². The first kappa shape index (κ1) is 8.06. The molecule has 1 aliphatic heterocycles. The lowest BCUT2D eigenvalue weighted by molar-refractivity contribution is -0.277. The highest BCUT2D eigenvalue weighted by atomic mass is 16.7. The Morgan fingerprint density at radius 1 is 0.875 bits per heavy atom. The molecule has 86 valence electrons. The largest absolute Gasteiger partial charge is 0.393 e. The highest BCUT2D eigenvalue weighted by molar-refractivity contribution is 5.33. The molecule has 1 saturated heterocycles. The van der Waals surface area contributed by atoms with Crippen molar-refractivity contribution in [2.24, 2.45) is 47.3 Å². The number of hydrogen-bond acceptors (Lipinski definition) is 3. The molecule has 0 radical (unpaired) electrons. The average molecular weight is 220 g/mol. The van der Waals surface area contributed by atoms with Gasteiger partial charge in [-0.05, 0) is 41.9 Å². The second kappa shape index (κ2) is 2.00. The van der Waals surface area contributed by atoms with E-state index in [9.17, 15) is 5.11 Å². The van der Waals surface area contributed by atoms with Crippen LogP contribution in [-0.4, -0.2) is 30.2 Å². The topological polar surface area (TPSA) is 38.7 Å². The van der Waals surface area contributed by atoms with Gasteiger partial charge in [0.1, 0.15) is 0 Å². The molecule has 1 N–H and O–H groups in total. The first-order valence-electron chi connectivity index (χ1n) is 6.80. The van der Waals surface area contributed by atoms with Crippen molar-refractivity contribution in [1.29, 1.82) is 0 Å². The lowest BCUT2D eigenvalue weighted by Crippen LogP contribution is -2.59. The lowest BCUT2D eigenvalue weighted by Gasteiger charge is -2.52. The van der Waals surface area contributed by atoms with E-state index in [1.54, 1.807) is 0 Å². The fourth-order valence-corrected chi connectivity index (χ4v) is 7.27. The van der Waals surface area contributed by atoms with E-state index in [-0.39, 0.29) is 11.9 Å². The standard InChI is InChI=1S/C13H16O3/c14-12-8-4-3-5-7-6(4)9(12)11(7)13(10(5)8)15-1-2-16-13/h4-12,14H,1-3H2/t4-,5-,6+,7+,8+,9+,10+,11+,12-/m0/s1. The van der Waals surface area contributed by atoms with Crippen LogP contribution in [-0.2, 0) is 9.47 Å².